The number of nitrogens with one attached hydrogen (secondary N) is 1. The molecule has 1 spiro atoms. The molecule has 1 N–H and O–H groups in total. The van der Waals surface area contributed by atoms with E-state index >= 15 is 0 Å². The lowest BCUT2D eigenvalue weighted by atomic mass is 10.1. The van der Waals surface area contributed by atoms with Gasteiger partial charge in [-0.25, -0.2) is 4.98 Å². The molecule has 5 nitrogen and oxygen atoms in total. The predicted octanol–water partition coefficient (Wildman–Crippen LogP) is 1.77. The number of aromatic nitrogens is 1. The summed E-state index contributed by atoms with van der Waals surface area (Å²) in [4.78, 5) is 5.75. The average molecular weight is 298 g/mol. The van der Waals surface area contributed by atoms with Crippen LogP contribution in [0.15, 0.2) is 0 Å². The predicted molar refractivity (Wildman–Crippen MR) is 76.9 cm³/mol. The Morgan fingerprint density at radius 3 is 2.85 bits per heavy atom. The first-order chi connectivity index (χ1) is 9.67. The van der Waals surface area contributed by atoms with E-state index in [1.54, 1.807) is 11.3 Å². The third-order valence-corrected chi connectivity index (χ3v) is 4.90. The maximum Gasteiger partial charge on any atom is 0.173 e. The molecular weight excluding hydrogens is 276 g/mol. The second kappa shape index (κ2) is 6.07. The Morgan fingerprint density at radius 1 is 1.35 bits per heavy atom. The topological polar surface area (TPSA) is 52.6 Å². The van der Waals surface area contributed by atoms with Crippen molar-refractivity contribution in [1.82, 2.24) is 10.3 Å². The van der Waals surface area contributed by atoms with E-state index in [-0.39, 0.29) is 11.9 Å². The second-order valence-electron chi connectivity index (χ2n) is 5.45. The van der Waals surface area contributed by atoms with Crippen LogP contribution in [-0.4, -0.2) is 43.2 Å². The van der Waals surface area contributed by atoms with Crippen molar-refractivity contribution in [3.05, 3.63) is 15.6 Å². The van der Waals surface area contributed by atoms with Crippen LogP contribution in [0.1, 0.15) is 28.4 Å². The summed E-state index contributed by atoms with van der Waals surface area (Å²) in [7, 11) is 0. The normalized spacial score (nSPS) is 25.4. The fourth-order valence-corrected chi connectivity index (χ4v) is 3.65. The van der Waals surface area contributed by atoms with Crippen molar-refractivity contribution in [2.45, 2.75) is 45.1 Å². The van der Waals surface area contributed by atoms with Crippen molar-refractivity contribution >= 4 is 11.3 Å². The molecule has 2 aliphatic rings. The maximum absolute atomic E-state index is 6.09. The summed E-state index contributed by atoms with van der Waals surface area (Å²) in [5.41, 5.74) is 1.13. The van der Waals surface area contributed by atoms with Gasteiger partial charge >= 0.3 is 0 Å². The smallest absolute Gasteiger partial charge is 0.173 e. The number of thiazole rings is 1. The van der Waals surface area contributed by atoms with Gasteiger partial charge in [-0.05, 0) is 13.8 Å². The Balaban J connectivity index is 1.44. The lowest BCUT2D eigenvalue weighted by molar-refractivity contribution is -0.210. The Labute approximate surface area is 123 Å². The van der Waals surface area contributed by atoms with Gasteiger partial charge in [0.2, 0.25) is 0 Å². The van der Waals surface area contributed by atoms with Crippen molar-refractivity contribution in [2.75, 3.05) is 26.4 Å². The van der Waals surface area contributed by atoms with Crippen LogP contribution in [0.5, 0.6) is 0 Å². The fraction of sp³-hybridized carbons (Fsp3) is 0.786. The molecule has 20 heavy (non-hydrogen) atoms. The molecule has 0 aliphatic carbocycles. The van der Waals surface area contributed by atoms with Crippen LogP contribution in [0.2, 0.25) is 0 Å². The second-order valence-corrected chi connectivity index (χ2v) is 6.73. The number of rotatable bonds is 4. The van der Waals surface area contributed by atoms with Crippen LogP contribution in [0, 0.1) is 13.8 Å². The van der Waals surface area contributed by atoms with E-state index in [1.165, 1.54) is 4.88 Å². The van der Waals surface area contributed by atoms with E-state index in [0.29, 0.717) is 6.61 Å². The monoisotopic (exact) mass is 298 g/mol. The molecule has 0 unspecified atom stereocenters. The highest BCUT2D eigenvalue weighted by atomic mass is 32.1. The molecule has 3 heterocycles. The SMILES string of the molecule is Cc1nc(C)c(CNC[C@H]2COC3(CCOCC3)O2)s1. The van der Waals surface area contributed by atoms with Gasteiger partial charge in [-0.1, -0.05) is 0 Å². The van der Waals surface area contributed by atoms with E-state index in [9.17, 15) is 0 Å². The highest BCUT2D eigenvalue weighted by Gasteiger charge is 2.42. The molecule has 3 rings (SSSR count). The molecule has 6 heteroatoms. The number of nitrogens with zero attached hydrogens (tertiary/aromatic N) is 1. The average Bonchev–Trinajstić information content (AvgIpc) is 2.95. The summed E-state index contributed by atoms with van der Waals surface area (Å²) in [6.07, 6.45) is 1.83. The van der Waals surface area contributed by atoms with E-state index < -0.39 is 0 Å². The van der Waals surface area contributed by atoms with Gasteiger partial charge in [-0.15, -0.1) is 11.3 Å². The third kappa shape index (κ3) is 3.20. The van der Waals surface area contributed by atoms with Crippen LogP contribution in [0.25, 0.3) is 0 Å². The van der Waals surface area contributed by atoms with Gasteiger partial charge in [0, 0.05) is 30.8 Å². The van der Waals surface area contributed by atoms with Crippen LogP contribution in [-0.2, 0) is 20.8 Å². The summed E-state index contributed by atoms with van der Waals surface area (Å²) >= 11 is 1.76. The summed E-state index contributed by atoms with van der Waals surface area (Å²) in [5.74, 6) is -0.373. The molecule has 0 aromatic carbocycles. The minimum atomic E-state index is -0.373. The number of aryl methyl sites for hydroxylation is 2. The Morgan fingerprint density at radius 2 is 2.15 bits per heavy atom. The maximum atomic E-state index is 6.09. The molecule has 1 aromatic rings. The van der Waals surface area contributed by atoms with Gasteiger partial charge in [-0.3, -0.25) is 0 Å². The Bertz CT molecular complexity index is 457. The summed E-state index contributed by atoms with van der Waals surface area (Å²) in [5, 5.41) is 4.58. The Hall–Kier alpha value is -0.530. The van der Waals surface area contributed by atoms with Crippen LogP contribution in [0.3, 0.4) is 0 Å². The van der Waals surface area contributed by atoms with Crippen LogP contribution >= 0.6 is 11.3 Å². The lowest BCUT2D eigenvalue weighted by Gasteiger charge is -2.31. The van der Waals surface area contributed by atoms with E-state index in [1.807, 2.05) is 6.92 Å². The molecule has 112 valence electrons. The van der Waals surface area contributed by atoms with Crippen molar-refractivity contribution in [1.29, 1.82) is 0 Å². The number of hydrogen-bond acceptors (Lipinski definition) is 6. The lowest BCUT2D eigenvalue weighted by Crippen LogP contribution is -2.39. The van der Waals surface area contributed by atoms with Gasteiger partial charge in [0.1, 0.15) is 0 Å². The largest absolute Gasteiger partial charge is 0.381 e. The molecule has 0 bridgehead atoms. The quantitative estimate of drug-likeness (QED) is 0.918. The molecule has 0 amide bonds. The highest BCUT2D eigenvalue weighted by Crippen LogP contribution is 2.33. The third-order valence-electron chi connectivity index (χ3n) is 3.83. The molecule has 2 saturated heterocycles. The molecule has 0 radical (unpaired) electrons. The van der Waals surface area contributed by atoms with Gasteiger partial charge < -0.3 is 19.5 Å². The van der Waals surface area contributed by atoms with Gasteiger partial charge in [0.25, 0.3) is 0 Å². The minimum absolute atomic E-state index is 0.141. The molecule has 0 saturated carbocycles. The zero-order valence-electron chi connectivity index (χ0n) is 12.1. The van der Waals surface area contributed by atoms with E-state index in [2.05, 4.69) is 17.2 Å². The minimum Gasteiger partial charge on any atom is -0.381 e. The van der Waals surface area contributed by atoms with Gasteiger partial charge in [0.05, 0.1) is 36.6 Å². The molecular formula is C14H22N2O3S. The molecule has 2 fully saturated rings. The first-order valence-electron chi connectivity index (χ1n) is 7.20. The molecule has 2 aliphatic heterocycles. The number of ether oxygens (including phenoxy) is 3. The van der Waals surface area contributed by atoms with Crippen LogP contribution < -0.4 is 5.32 Å². The highest BCUT2D eigenvalue weighted by molar-refractivity contribution is 7.11. The first kappa shape index (κ1) is 14.4. The van der Waals surface area contributed by atoms with Crippen molar-refractivity contribution in [2.24, 2.45) is 0 Å². The van der Waals surface area contributed by atoms with Crippen molar-refractivity contribution in [3.63, 3.8) is 0 Å². The Kier molecular flexibility index (Phi) is 4.37. The summed E-state index contributed by atoms with van der Waals surface area (Å²) < 4.78 is 17.3. The zero-order valence-corrected chi connectivity index (χ0v) is 12.9. The number of hydrogen-bond donors (Lipinski definition) is 1. The van der Waals surface area contributed by atoms with E-state index in [4.69, 9.17) is 14.2 Å². The van der Waals surface area contributed by atoms with Crippen LogP contribution in [0.4, 0.5) is 0 Å². The molecule has 1 aromatic heterocycles. The van der Waals surface area contributed by atoms with Crippen molar-refractivity contribution < 1.29 is 14.2 Å². The van der Waals surface area contributed by atoms with Gasteiger partial charge in [0.15, 0.2) is 5.79 Å². The first-order valence-corrected chi connectivity index (χ1v) is 8.02. The molecule has 1 atom stereocenters. The summed E-state index contributed by atoms with van der Waals surface area (Å²) in [6, 6.07) is 0. The van der Waals surface area contributed by atoms with Gasteiger partial charge in [-0.2, -0.15) is 0 Å². The fourth-order valence-electron chi connectivity index (χ4n) is 2.75. The van der Waals surface area contributed by atoms with Crippen molar-refractivity contribution in [3.8, 4) is 0 Å². The zero-order chi connectivity index (χ0) is 14.0. The van der Waals surface area contributed by atoms with E-state index in [0.717, 1.165) is 49.8 Å². The summed E-state index contributed by atoms with van der Waals surface area (Å²) in [6.45, 7) is 7.93. The standard InChI is InChI=1S/C14H22N2O3S/c1-10-13(20-11(2)16-10)8-15-7-12-9-18-14(19-12)3-5-17-6-4-14/h12,15H,3-9H2,1-2H3/t12-/m0/s1.